The molecule has 1 aromatic carbocycles. The standard InChI is InChI=1S/C21H24ClN3O/c1-14-10-15(2)23-19(14)12-18-17-11-16(22)6-7-20(17)25(21(18)26)13-24-8-4-3-5-9-24/h6-7,10-12,23H,3-5,8-9,13H2,1-2H3/b18-12-. The molecule has 0 bridgehead atoms. The number of nitrogens with one attached hydrogen (secondary N) is 1. The molecule has 1 N–H and O–H groups in total. The third-order valence-corrected chi connectivity index (χ3v) is 5.52. The van der Waals surface area contributed by atoms with Crippen LogP contribution in [-0.2, 0) is 4.79 Å². The van der Waals surface area contributed by atoms with Gasteiger partial charge in [0.15, 0.2) is 0 Å². The monoisotopic (exact) mass is 369 g/mol. The van der Waals surface area contributed by atoms with Crippen molar-refractivity contribution in [2.75, 3.05) is 24.7 Å². The van der Waals surface area contributed by atoms with E-state index < -0.39 is 0 Å². The second kappa shape index (κ2) is 6.93. The lowest BCUT2D eigenvalue weighted by Crippen LogP contribution is -2.42. The molecular weight excluding hydrogens is 346 g/mol. The van der Waals surface area contributed by atoms with Gasteiger partial charge in [-0.3, -0.25) is 14.6 Å². The van der Waals surface area contributed by atoms with E-state index in [1.807, 2.05) is 36.1 Å². The minimum atomic E-state index is 0.0551. The fourth-order valence-electron chi connectivity index (χ4n) is 3.95. The molecule has 0 aliphatic carbocycles. The number of rotatable bonds is 3. The fraction of sp³-hybridized carbons (Fsp3) is 0.381. The Morgan fingerprint density at radius 3 is 2.62 bits per heavy atom. The Morgan fingerprint density at radius 2 is 1.92 bits per heavy atom. The van der Waals surface area contributed by atoms with Crippen LogP contribution in [0, 0.1) is 13.8 Å². The molecule has 136 valence electrons. The Hall–Kier alpha value is -2.04. The highest BCUT2D eigenvalue weighted by Crippen LogP contribution is 2.39. The highest BCUT2D eigenvalue weighted by Gasteiger charge is 2.34. The van der Waals surface area contributed by atoms with E-state index in [1.165, 1.54) is 19.3 Å². The van der Waals surface area contributed by atoms with Crippen molar-refractivity contribution in [1.29, 1.82) is 0 Å². The second-order valence-corrected chi connectivity index (χ2v) is 7.76. The van der Waals surface area contributed by atoms with Gasteiger partial charge in [0.2, 0.25) is 0 Å². The number of piperidine rings is 1. The SMILES string of the molecule is Cc1cc(C)c(/C=C2\C(=O)N(CN3CCCCC3)c3ccc(Cl)cc32)[nH]1. The number of benzene rings is 1. The van der Waals surface area contributed by atoms with Gasteiger partial charge in [-0.25, -0.2) is 0 Å². The fourth-order valence-corrected chi connectivity index (χ4v) is 4.13. The minimum absolute atomic E-state index is 0.0551. The first-order valence-corrected chi connectivity index (χ1v) is 9.63. The van der Waals surface area contributed by atoms with Crippen LogP contribution in [0.5, 0.6) is 0 Å². The number of hydrogen-bond donors (Lipinski definition) is 1. The quantitative estimate of drug-likeness (QED) is 0.802. The minimum Gasteiger partial charge on any atom is -0.359 e. The summed E-state index contributed by atoms with van der Waals surface area (Å²) in [6.45, 7) is 6.84. The van der Waals surface area contributed by atoms with Crippen LogP contribution < -0.4 is 4.90 Å². The molecule has 0 spiro atoms. The third kappa shape index (κ3) is 3.19. The van der Waals surface area contributed by atoms with Crippen molar-refractivity contribution in [3.8, 4) is 0 Å². The molecule has 0 radical (unpaired) electrons. The first-order valence-electron chi connectivity index (χ1n) is 9.25. The maximum Gasteiger partial charge on any atom is 0.260 e. The average molecular weight is 370 g/mol. The maximum atomic E-state index is 13.2. The molecule has 0 atom stereocenters. The summed E-state index contributed by atoms with van der Waals surface area (Å²) in [7, 11) is 0. The molecule has 1 aromatic heterocycles. The maximum absolute atomic E-state index is 13.2. The number of aryl methyl sites for hydroxylation is 2. The molecule has 0 unspecified atom stereocenters. The molecule has 1 amide bonds. The first kappa shape index (κ1) is 17.4. The van der Waals surface area contributed by atoms with Crippen LogP contribution in [0.4, 0.5) is 5.69 Å². The summed E-state index contributed by atoms with van der Waals surface area (Å²) < 4.78 is 0. The summed E-state index contributed by atoms with van der Waals surface area (Å²) in [5, 5.41) is 0.654. The van der Waals surface area contributed by atoms with Gasteiger partial charge in [-0.05, 0) is 75.7 Å². The Morgan fingerprint density at radius 1 is 1.15 bits per heavy atom. The van der Waals surface area contributed by atoms with Crippen LogP contribution in [0.1, 0.15) is 41.8 Å². The third-order valence-electron chi connectivity index (χ3n) is 5.28. The summed E-state index contributed by atoms with van der Waals surface area (Å²) in [5.74, 6) is 0.0551. The van der Waals surface area contributed by atoms with Crippen LogP contribution in [0.15, 0.2) is 24.3 Å². The Balaban J connectivity index is 1.73. The first-order chi connectivity index (χ1) is 12.5. The van der Waals surface area contributed by atoms with Gasteiger partial charge in [-0.2, -0.15) is 0 Å². The number of carbonyl (C=O) groups is 1. The zero-order valence-electron chi connectivity index (χ0n) is 15.3. The van der Waals surface area contributed by atoms with E-state index in [-0.39, 0.29) is 5.91 Å². The lowest BCUT2D eigenvalue weighted by atomic mass is 10.1. The molecule has 4 nitrogen and oxygen atoms in total. The molecule has 1 fully saturated rings. The number of aromatic nitrogens is 1. The summed E-state index contributed by atoms with van der Waals surface area (Å²) in [4.78, 5) is 20.9. The van der Waals surface area contributed by atoms with Crippen LogP contribution >= 0.6 is 11.6 Å². The van der Waals surface area contributed by atoms with E-state index >= 15 is 0 Å². The van der Waals surface area contributed by atoms with E-state index in [9.17, 15) is 4.79 Å². The number of H-pyrrole nitrogens is 1. The number of likely N-dealkylation sites (tertiary alicyclic amines) is 1. The van der Waals surface area contributed by atoms with Crippen molar-refractivity contribution in [3.63, 3.8) is 0 Å². The van der Waals surface area contributed by atoms with Crippen molar-refractivity contribution in [2.45, 2.75) is 33.1 Å². The summed E-state index contributed by atoms with van der Waals surface area (Å²) in [6, 6.07) is 7.83. The molecule has 2 aliphatic heterocycles. The molecule has 26 heavy (non-hydrogen) atoms. The molecule has 3 heterocycles. The largest absolute Gasteiger partial charge is 0.359 e. The lowest BCUT2D eigenvalue weighted by molar-refractivity contribution is -0.113. The van der Waals surface area contributed by atoms with E-state index in [4.69, 9.17) is 11.6 Å². The Kier molecular flexibility index (Phi) is 4.63. The van der Waals surface area contributed by atoms with Crippen molar-refractivity contribution >= 4 is 34.8 Å². The van der Waals surface area contributed by atoms with E-state index in [1.54, 1.807) is 0 Å². The number of aromatic amines is 1. The molecular formula is C21H24ClN3O. The Labute approximate surface area is 159 Å². The van der Waals surface area contributed by atoms with Gasteiger partial charge in [0.1, 0.15) is 0 Å². The van der Waals surface area contributed by atoms with Crippen molar-refractivity contribution < 1.29 is 4.79 Å². The molecule has 2 aromatic rings. The number of carbonyl (C=O) groups excluding carboxylic acids is 1. The highest BCUT2D eigenvalue weighted by molar-refractivity contribution is 6.37. The number of fused-ring (bicyclic) bond motifs is 1. The molecule has 5 heteroatoms. The summed E-state index contributed by atoms with van der Waals surface area (Å²) in [5.41, 5.74) is 5.81. The summed E-state index contributed by atoms with van der Waals surface area (Å²) in [6.07, 6.45) is 5.67. The second-order valence-electron chi connectivity index (χ2n) is 7.32. The van der Waals surface area contributed by atoms with Crippen molar-refractivity contribution in [2.24, 2.45) is 0 Å². The lowest BCUT2D eigenvalue weighted by Gasteiger charge is -2.30. The van der Waals surface area contributed by atoms with Crippen molar-refractivity contribution in [1.82, 2.24) is 9.88 Å². The van der Waals surface area contributed by atoms with Gasteiger partial charge >= 0.3 is 0 Å². The topological polar surface area (TPSA) is 39.3 Å². The van der Waals surface area contributed by atoms with Gasteiger partial charge < -0.3 is 4.98 Å². The average Bonchev–Trinajstić information content (AvgIpc) is 3.07. The number of halogens is 1. The number of amides is 1. The van der Waals surface area contributed by atoms with Crippen LogP contribution in [0.25, 0.3) is 11.6 Å². The van der Waals surface area contributed by atoms with Gasteiger partial charge in [-0.15, -0.1) is 0 Å². The van der Waals surface area contributed by atoms with Gasteiger partial charge in [0.25, 0.3) is 5.91 Å². The van der Waals surface area contributed by atoms with E-state index in [0.717, 1.165) is 41.3 Å². The summed E-state index contributed by atoms with van der Waals surface area (Å²) >= 11 is 6.24. The van der Waals surface area contributed by atoms with E-state index in [0.29, 0.717) is 17.3 Å². The molecule has 4 rings (SSSR count). The number of nitrogens with zero attached hydrogens (tertiary/aromatic N) is 2. The van der Waals surface area contributed by atoms with Gasteiger partial charge in [0, 0.05) is 22.0 Å². The highest BCUT2D eigenvalue weighted by atomic mass is 35.5. The van der Waals surface area contributed by atoms with Crippen LogP contribution in [0.2, 0.25) is 5.02 Å². The van der Waals surface area contributed by atoms with Gasteiger partial charge in [0.05, 0.1) is 17.9 Å². The normalized spacial score (nSPS) is 19.4. The number of anilines is 1. The smallest absolute Gasteiger partial charge is 0.260 e. The van der Waals surface area contributed by atoms with Crippen LogP contribution in [0.3, 0.4) is 0 Å². The predicted octanol–water partition coefficient (Wildman–Crippen LogP) is 4.62. The Bertz CT molecular complexity index is 877. The predicted molar refractivity (Wildman–Crippen MR) is 107 cm³/mol. The van der Waals surface area contributed by atoms with E-state index in [2.05, 4.69) is 22.9 Å². The van der Waals surface area contributed by atoms with Gasteiger partial charge in [-0.1, -0.05) is 18.0 Å². The zero-order valence-corrected chi connectivity index (χ0v) is 16.1. The number of hydrogen-bond acceptors (Lipinski definition) is 2. The molecule has 1 saturated heterocycles. The van der Waals surface area contributed by atoms with Crippen molar-refractivity contribution in [3.05, 3.63) is 51.8 Å². The zero-order chi connectivity index (χ0) is 18.3. The van der Waals surface area contributed by atoms with Crippen LogP contribution in [-0.4, -0.2) is 35.5 Å². The molecule has 2 aliphatic rings. The molecule has 0 saturated carbocycles.